The number of carbonyl (C=O) groups excluding carboxylic acids is 2. The van der Waals surface area contributed by atoms with Crippen molar-refractivity contribution in [3.63, 3.8) is 0 Å². The zero-order valence-corrected chi connectivity index (χ0v) is 13.7. The molecule has 5 rings (SSSR count). The van der Waals surface area contributed by atoms with Gasteiger partial charge < -0.3 is 4.42 Å². The van der Waals surface area contributed by atoms with Gasteiger partial charge in [0.15, 0.2) is 0 Å². The Morgan fingerprint density at radius 1 is 1.00 bits per heavy atom. The second kappa shape index (κ2) is 5.49. The summed E-state index contributed by atoms with van der Waals surface area (Å²) < 4.78 is 18.7. The van der Waals surface area contributed by atoms with E-state index in [2.05, 4.69) is 5.10 Å². The maximum absolute atomic E-state index is 13.0. The van der Waals surface area contributed by atoms with Gasteiger partial charge in [0.1, 0.15) is 17.3 Å². The third-order valence-electron chi connectivity index (χ3n) is 5.50. The van der Waals surface area contributed by atoms with Crippen molar-refractivity contribution < 1.29 is 18.4 Å². The van der Waals surface area contributed by atoms with Crippen LogP contribution in [0.1, 0.15) is 12.2 Å². The summed E-state index contributed by atoms with van der Waals surface area (Å²) in [6.07, 6.45) is 6.36. The van der Waals surface area contributed by atoms with E-state index in [1.54, 1.807) is 24.3 Å². The van der Waals surface area contributed by atoms with Crippen molar-refractivity contribution in [2.24, 2.45) is 28.8 Å². The molecule has 1 saturated heterocycles. The lowest BCUT2D eigenvalue weighted by Gasteiger charge is -2.13. The van der Waals surface area contributed by atoms with Crippen LogP contribution in [-0.2, 0) is 9.59 Å². The molecule has 1 aromatic carbocycles. The van der Waals surface area contributed by atoms with E-state index < -0.39 is 0 Å². The Kier molecular flexibility index (Phi) is 3.22. The summed E-state index contributed by atoms with van der Waals surface area (Å²) >= 11 is 0. The first-order chi connectivity index (χ1) is 12.6. The summed E-state index contributed by atoms with van der Waals surface area (Å²) in [4.78, 5) is 25.1. The number of allylic oxidation sites excluding steroid dienone is 2. The smallest absolute Gasteiger partial charge is 0.254 e. The Morgan fingerprint density at radius 3 is 2.31 bits per heavy atom. The lowest BCUT2D eigenvalue weighted by molar-refractivity contribution is -0.140. The number of halogens is 1. The van der Waals surface area contributed by atoms with Crippen LogP contribution in [-0.4, -0.2) is 23.0 Å². The van der Waals surface area contributed by atoms with Gasteiger partial charge in [-0.1, -0.05) is 12.2 Å². The highest BCUT2D eigenvalue weighted by atomic mass is 19.1. The molecule has 1 aliphatic heterocycles. The Morgan fingerprint density at radius 2 is 1.65 bits per heavy atom. The lowest BCUT2D eigenvalue weighted by atomic mass is 9.85. The van der Waals surface area contributed by atoms with Crippen LogP contribution in [0.25, 0.3) is 11.3 Å². The summed E-state index contributed by atoms with van der Waals surface area (Å²) in [5, 5.41) is 5.07. The first-order valence-corrected chi connectivity index (χ1v) is 8.58. The van der Waals surface area contributed by atoms with Crippen molar-refractivity contribution in [1.29, 1.82) is 0 Å². The van der Waals surface area contributed by atoms with Gasteiger partial charge in [0.2, 0.25) is 0 Å². The van der Waals surface area contributed by atoms with E-state index in [-0.39, 0.29) is 41.3 Å². The van der Waals surface area contributed by atoms with Crippen molar-refractivity contribution in [2.45, 2.75) is 6.42 Å². The van der Waals surface area contributed by atoms with E-state index in [1.807, 2.05) is 12.2 Å². The molecule has 130 valence electrons. The number of amides is 2. The fourth-order valence-corrected chi connectivity index (χ4v) is 4.31. The molecule has 3 aliphatic rings. The molecule has 5 nitrogen and oxygen atoms in total. The minimum Gasteiger partial charge on any atom is -0.455 e. The highest BCUT2D eigenvalue weighted by Gasteiger charge is 2.59. The normalized spacial score (nSPS) is 29.3. The zero-order chi connectivity index (χ0) is 17.8. The molecule has 1 aromatic heterocycles. The number of carbonyl (C=O) groups is 2. The zero-order valence-electron chi connectivity index (χ0n) is 13.7. The van der Waals surface area contributed by atoms with E-state index in [1.165, 1.54) is 18.3 Å². The molecule has 2 fully saturated rings. The van der Waals surface area contributed by atoms with Gasteiger partial charge in [-0.05, 0) is 54.7 Å². The van der Waals surface area contributed by atoms with Crippen molar-refractivity contribution in [3.8, 4) is 11.3 Å². The molecular formula is C20H15FN2O3. The highest BCUT2D eigenvalue weighted by molar-refractivity contribution is 6.06. The number of imide groups is 1. The standard InChI is InChI=1S/C20H15FN2O3/c21-14-5-3-11(4-6-14)16-8-7-15(26-16)10-22-23-19(24)17-12-1-2-13(9-12)18(17)20(23)25/h1-8,10,12-13,17-18H,9H2/b22-10-/t12-,13+,17-,18+. The Balaban J connectivity index is 1.36. The van der Waals surface area contributed by atoms with Gasteiger partial charge in [-0.2, -0.15) is 10.1 Å². The first kappa shape index (κ1) is 15.3. The number of nitrogens with zero attached hydrogens (tertiary/aromatic N) is 2. The number of hydrogen-bond acceptors (Lipinski definition) is 4. The Bertz CT molecular complexity index is 930. The van der Waals surface area contributed by atoms with Crippen LogP contribution >= 0.6 is 0 Å². The fourth-order valence-electron chi connectivity index (χ4n) is 4.31. The van der Waals surface area contributed by atoms with E-state index in [0.717, 1.165) is 17.0 Å². The molecule has 0 radical (unpaired) electrons. The minimum atomic E-state index is -0.317. The summed E-state index contributed by atoms with van der Waals surface area (Å²) in [6, 6.07) is 9.38. The third-order valence-corrected chi connectivity index (χ3v) is 5.50. The number of benzene rings is 1. The highest BCUT2D eigenvalue weighted by Crippen LogP contribution is 2.52. The first-order valence-electron chi connectivity index (χ1n) is 8.58. The van der Waals surface area contributed by atoms with Crippen LogP contribution in [0.5, 0.6) is 0 Å². The molecule has 1 saturated carbocycles. The van der Waals surface area contributed by atoms with Crippen LogP contribution < -0.4 is 0 Å². The molecule has 4 atom stereocenters. The van der Waals surface area contributed by atoms with Crippen molar-refractivity contribution in [1.82, 2.24) is 5.01 Å². The van der Waals surface area contributed by atoms with Gasteiger partial charge in [-0.3, -0.25) is 9.59 Å². The molecule has 2 aromatic rings. The molecular weight excluding hydrogens is 335 g/mol. The number of furan rings is 1. The molecule has 2 bridgehead atoms. The van der Waals surface area contributed by atoms with Gasteiger partial charge in [-0.25, -0.2) is 4.39 Å². The molecule has 6 heteroatoms. The molecule has 0 N–H and O–H groups in total. The Hall–Kier alpha value is -3.02. The summed E-state index contributed by atoms with van der Waals surface area (Å²) in [5.74, 6) is 0.0134. The van der Waals surface area contributed by atoms with Gasteiger partial charge in [0.25, 0.3) is 11.8 Å². The molecule has 0 unspecified atom stereocenters. The van der Waals surface area contributed by atoms with E-state index in [9.17, 15) is 14.0 Å². The summed E-state index contributed by atoms with van der Waals surface area (Å²) in [7, 11) is 0. The summed E-state index contributed by atoms with van der Waals surface area (Å²) in [5.41, 5.74) is 0.733. The Labute approximate surface area is 148 Å². The van der Waals surface area contributed by atoms with Crippen molar-refractivity contribution >= 4 is 18.0 Å². The number of fused-ring (bicyclic) bond motifs is 5. The second-order valence-electron chi connectivity index (χ2n) is 6.94. The second-order valence-corrected chi connectivity index (χ2v) is 6.94. The maximum atomic E-state index is 13.0. The average Bonchev–Trinajstić information content (AvgIpc) is 3.40. The number of rotatable bonds is 3. The minimum absolute atomic E-state index is 0.162. The number of hydrogen-bond donors (Lipinski definition) is 0. The molecule has 2 amide bonds. The predicted octanol–water partition coefficient (Wildman–Crippen LogP) is 3.23. The lowest BCUT2D eigenvalue weighted by Crippen LogP contribution is -2.28. The largest absolute Gasteiger partial charge is 0.455 e. The topological polar surface area (TPSA) is 62.9 Å². The van der Waals surface area contributed by atoms with E-state index >= 15 is 0 Å². The van der Waals surface area contributed by atoms with E-state index in [0.29, 0.717) is 11.5 Å². The SMILES string of the molecule is O=C1[C@@H]2[C@H](C(=O)N1/N=C\c1ccc(-c3ccc(F)cc3)o1)[C@@H]1C=C[C@H]2C1. The van der Waals surface area contributed by atoms with Gasteiger partial charge in [0.05, 0.1) is 18.1 Å². The van der Waals surface area contributed by atoms with E-state index in [4.69, 9.17) is 4.42 Å². The molecule has 26 heavy (non-hydrogen) atoms. The van der Waals surface area contributed by atoms with Crippen LogP contribution in [0.3, 0.4) is 0 Å². The quantitative estimate of drug-likeness (QED) is 0.485. The van der Waals surface area contributed by atoms with Crippen LogP contribution in [0.4, 0.5) is 4.39 Å². The van der Waals surface area contributed by atoms with Gasteiger partial charge >= 0.3 is 0 Å². The average molecular weight is 350 g/mol. The molecule has 2 heterocycles. The predicted molar refractivity (Wildman–Crippen MR) is 91.3 cm³/mol. The van der Waals surface area contributed by atoms with Gasteiger partial charge in [0, 0.05) is 5.56 Å². The molecule has 0 spiro atoms. The van der Waals surface area contributed by atoms with Crippen LogP contribution in [0, 0.1) is 29.5 Å². The van der Waals surface area contributed by atoms with Crippen LogP contribution in [0.15, 0.2) is 58.1 Å². The van der Waals surface area contributed by atoms with Crippen molar-refractivity contribution in [2.75, 3.05) is 0 Å². The maximum Gasteiger partial charge on any atom is 0.254 e. The molecule has 2 aliphatic carbocycles. The third kappa shape index (κ3) is 2.18. The van der Waals surface area contributed by atoms with Crippen LogP contribution in [0.2, 0.25) is 0 Å². The fraction of sp³-hybridized carbons (Fsp3) is 0.250. The van der Waals surface area contributed by atoms with Crippen molar-refractivity contribution in [3.05, 3.63) is 60.1 Å². The monoisotopic (exact) mass is 350 g/mol. The van der Waals surface area contributed by atoms with Gasteiger partial charge in [-0.15, -0.1) is 0 Å². The number of hydrazone groups is 1. The summed E-state index contributed by atoms with van der Waals surface area (Å²) in [6.45, 7) is 0.